The summed E-state index contributed by atoms with van der Waals surface area (Å²) in [6, 6.07) is 11.6. The number of nitrogens with zero attached hydrogens (tertiary/aromatic N) is 4. The lowest BCUT2D eigenvalue weighted by Gasteiger charge is -2.43. The van der Waals surface area contributed by atoms with Gasteiger partial charge in [0.15, 0.2) is 11.9 Å². The number of halogens is 5. The fourth-order valence-corrected chi connectivity index (χ4v) is 4.43. The summed E-state index contributed by atoms with van der Waals surface area (Å²) in [7, 11) is 1.55. The Labute approximate surface area is 250 Å². The van der Waals surface area contributed by atoms with Gasteiger partial charge in [-0.25, -0.2) is 9.67 Å². The van der Waals surface area contributed by atoms with Crippen LogP contribution in [0.15, 0.2) is 60.0 Å². The first-order chi connectivity index (χ1) is 21.0. The van der Waals surface area contributed by atoms with Gasteiger partial charge in [0, 0.05) is 25.9 Å². The van der Waals surface area contributed by atoms with Crippen LogP contribution in [0.4, 0.5) is 22.0 Å². The molecule has 3 aromatic rings. The van der Waals surface area contributed by atoms with Crippen molar-refractivity contribution < 1.29 is 50.5 Å². The standard InChI is InChI=1S/C29H33F5N4O6/c1-5-15-41-23-18(3)42-27(25(39-4)24(23)40-6-2)44-36-16-19-7-9-20(10-8-19)26-35-17-38(37-26)21-11-13-22(14-12-21)43-29(33,34)28(30,31)32/h7-14,16-18,23-25,27H,5-6,15H2,1-4H3/b36-16+/t18-,23-,24+,25+,27-/m0/s1. The van der Waals surface area contributed by atoms with E-state index < -0.39 is 36.5 Å². The smallest absolute Gasteiger partial charge is 0.426 e. The van der Waals surface area contributed by atoms with Crippen LogP contribution in [0.1, 0.15) is 32.8 Å². The number of oxime groups is 1. The molecule has 0 aliphatic carbocycles. The van der Waals surface area contributed by atoms with Gasteiger partial charge in [-0.05, 0) is 50.1 Å². The van der Waals surface area contributed by atoms with Gasteiger partial charge in [0.2, 0.25) is 0 Å². The third kappa shape index (κ3) is 7.88. The van der Waals surface area contributed by atoms with Crippen molar-refractivity contribution in [2.75, 3.05) is 20.3 Å². The highest BCUT2D eigenvalue weighted by Gasteiger charge is 2.61. The second-order valence-electron chi connectivity index (χ2n) is 9.75. The van der Waals surface area contributed by atoms with E-state index >= 15 is 0 Å². The third-order valence-electron chi connectivity index (χ3n) is 6.58. The minimum absolute atomic E-state index is 0.318. The predicted molar refractivity (Wildman–Crippen MR) is 148 cm³/mol. The minimum atomic E-state index is -5.84. The van der Waals surface area contributed by atoms with E-state index in [1.165, 1.54) is 29.4 Å². The number of rotatable bonds is 13. The van der Waals surface area contributed by atoms with Crippen molar-refractivity contribution in [2.24, 2.45) is 5.16 Å². The second kappa shape index (κ2) is 14.4. The maximum atomic E-state index is 13.1. The molecule has 1 fully saturated rings. The van der Waals surface area contributed by atoms with Crippen molar-refractivity contribution in [1.29, 1.82) is 0 Å². The monoisotopic (exact) mass is 628 g/mol. The minimum Gasteiger partial charge on any atom is -0.426 e. The number of aromatic nitrogens is 3. The Kier molecular flexibility index (Phi) is 10.9. The van der Waals surface area contributed by atoms with Crippen molar-refractivity contribution in [3.05, 3.63) is 60.4 Å². The first kappa shape index (κ1) is 33.2. The second-order valence-corrected chi connectivity index (χ2v) is 9.75. The Morgan fingerprint density at radius 2 is 1.66 bits per heavy atom. The van der Waals surface area contributed by atoms with Gasteiger partial charge in [0.25, 0.3) is 6.29 Å². The quantitative estimate of drug-likeness (QED) is 0.134. The zero-order chi connectivity index (χ0) is 31.9. The van der Waals surface area contributed by atoms with Crippen LogP contribution < -0.4 is 4.74 Å². The van der Waals surface area contributed by atoms with Crippen molar-refractivity contribution in [3.63, 3.8) is 0 Å². The van der Waals surface area contributed by atoms with Crippen molar-refractivity contribution in [3.8, 4) is 22.8 Å². The lowest BCUT2D eigenvalue weighted by molar-refractivity contribution is -0.360. The van der Waals surface area contributed by atoms with Crippen LogP contribution in [0, 0.1) is 0 Å². The molecule has 15 heteroatoms. The van der Waals surface area contributed by atoms with Gasteiger partial charge < -0.3 is 28.5 Å². The highest BCUT2D eigenvalue weighted by Crippen LogP contribution is 2.37. The van der Waals surface area contributed by atoms with Crippen LogP contribution in [-0.4, -0.2) is 84.3 Å². The molecule has 1 aliphatic heterocycles. The van der Waals surface area contributed by atoms with Gasteiger partial charge in [-0.15, -0.1) is 5.10 Å². The Morgan fingerprint density at radius 3 is 2.27 bits per heavy atom. The van der Waals surface area contributed by atoms with Gasteiger partial charge in [-0.1, -0.05) is 36.3 Å². The summed E-state index contributed by atoms with van der Waals surface area (Å²) in [5.41, 5.74) is 1.74. The lowest BCUT2D eigenvalue weighted by atomic mass is 9.99. The van der Waals surface area contributed by atoms with E-state index in [1.54, 1.807) is 31.4 Å². The van der Waals surface area contributed by atoms with Crippen LogP contribution in [0.5, 0.6) is 5.75 Å². The van der Waals surface area contributed by atoms with E-state index in [0.29, 0.717) is 35.9 Å². The van der Waals surface area contributed by atoms with Crippen LogP contribution in [0.25, 0.3) is 17.1 Å². The van der Waals surface area contributed by atoms with Crippen LogP contribution in [0.3, 0.4) is 0 Å². The number of alkyl halides is 5. The third-order valence-corrected chi connectivity index (χ3v) is 6.58. The molecule has 10 nitrogen and oxygen atoms in total. The summed E-state index contributed by atoms with van der Waals surface area (Å²) >= 11 is 0. The number of ether oxygens (including phenoxy) is 5. The zero-order valence-corrected chi connectivity index (χ0v) is 24.4. The number of hydrogen-bond donors (Lipinski definition) is 0. The molecule has 5 atom stereocenters. The fourth-order valence-electron chi connectivity index (χ4n) is 4.43. The summed E-state index contributed by atoms with van der Waals surface area (Å²) in [6.45, 7) is 6.83. The Morgan fingerprint density at radius 1 is 0.955 bits per heavy atom. The van der Waals surface area contributed by atoms with Crippen LogP contribution >= 0.6 is 0 Å². The molecular formula is C29H33F5N4O6. The average Bonchev–Trinajstić information content (AvgIpc) is 3.47. The Hall–Kier alpha value is -3.66. The largest absolute Gasteiger partial charge is 0.499 e. The molecule has 0 radical (unpaired) electrons. The lowest BCUT2D eigenvalue weighted by Crippen LogP contribution is -2.59. The molecule has 0 bridgehead atoms. The SMILES string of the molecule is CCCO[C@@H]1[C@@H](OCC)[C@@H](OC)[C@H](O/N=C/c2ccc(-c3ncn(-c4ccc(OC(F)(F)C(F)(F)F)cc4)n3)cc2)O[C@H]1C. The average molecular weight is 629 g/mol. The molecule has 4 rings (SSSR count). The van der Waals surface area contributed by atoms with Gasteiger partial charge in [-0.2, -0.15) is 22.0 Å². The molecule has 0 amide bonds. The van der Waals surface area contributed by atoms with Gasteiger partial charge in [-0.3, -0.25) is 0 Å². The topological polar surface area (TPSA) is 98.5 Å². The molecule has 2 aromatic carbocycles. The molecular weight excluding hydrogens is 595 g/mol. The van der Waals surface area contributed by atoms with Crippen molar-refractivity contribution >= 4 is 6.21 Å². The molecule has 1 aromatic heterocycles. The molecule has 0 unspecified atom stereocenters. The summed E-state index contributed by atoms with van der Waals surface area (Å²) in [5, 5.41) is 8.43. The Balaban J connectivity index is 1.37. The summed E-state index contributed by atoms with van der Waals surface area (Å²) in [6.07, 6.45) is -9.84. The fraction of sp³-hybridized carbons (Fsp3) is 0.483. The molecule has 0 spiro atoms. The highest BCUT2D eigenvalue weighted by atomic mass is 19.4. The van der Waals surface area contributed by atoms with E-state index in [9.17, 15) is 22.0 Å². The molecule has 240 valence electrons. The zero-order valence-electron chi connectivity index (χ0n) is 24.4. The molecule has 1 aliphatic rings. The van der Waals surface area contributed by atoms with E-state index in [-0.39, 0.29) is 12.2 Å². The Bertz CT molecular complexity index is 1350. The summed E-state index contributed by atoms with van der Waals surface area (Å²) in [4.78, 5) is 9.90. The molecule has 44 heavy (non-hydrogen) atoms. The van der Waals surface area contributed by atoms with E-state index in [4.69, 9.17) is 23.8 Å². The molecule has 2 heterocycles. The van der Waals surface area contributed by atoms with Gasteiger partial charge >= 0.3 is 12.3 Å². The molecule has 0 saturated carbocycles. The number of hydrogen-bond acceptors (Lipinski definition) is 9. The number of methoxy groups -OCH3 is 1. The van der Waals surface area contributed by atoms with E-state index in [2.05, 4.69) is 20.0 Å². The predicted octanol–water partition coefficient (Wildman–Crippen LogP) is 5.78. The normalized spacial score (nSPS) is 22.8. The first-order valence-corrected chi connectivity index (χ1v) is 13.8. The van der Waals surface area contributed by atoms with Crippen LogP contribution in [-0.2, 0) is 23.8 Å². The summed E-state index contributed by atoms with van der Waals surface area (Å²) < 4.78 is 92.1. The maximum Gasteiger partial charge on any atom is 0.499 e. The highest BCUT2D eigenvalue weighted by molar-refractivity contribution is 5.80. The summed E-state index contributed by atoms with van der Waals surface area (Å²) in [5.74, 6) is -0.303. The van der Waals surface area contributed by atoms with E-state index in [0.717, 1.165) is 18.6 Å². The number of benzene rings is 2. The van der Waals surface area contributed by atoms with Crippen molar-refractivity contribution in [2.45, 2.75) is 70.2 Å². The first-order valence-electron chi connectivity index (χ1n) is 13.8. The van der Waals surface area contributed by atoms with E-state index in [1.807, 2.05) is 20.8 Å². The van der Waals surface area contributed by atoms with Crippen molar-refractivity contribution in [1.82, 2.24) is 14.8 Å². The van der Waals surface area contributed by atoms with Gasteiger partial charge in [0.05, 0.1) is 18.0 Å². The molecule has 0 N–H and O–H groups in total. The van der Waals surface area contributed by atoms with Crippen LogP contribution in [0.2, 0.25) is 0 Å². The molecule has 1 saturated heterocycles. The van der Waals surface area contributed by atoms with Gasteiger partial charge in [0.1, 0.15) is 24.3 Å². The maximum absolute atomic E-state index is 13.1.